The van der Waals surface area contributed by atoms with Crippen LogP contribution in [0.5, 0.6) is 0 Å². The SMILES string of the molecule is C=CCN(CC=C)S(=O)(=O)c1ccc(NC(=O)c2ccc([N+](=O)[O-])cc2)cc1. The molecule has 0 atom stereocenters. The Morgan fingerprint density at radius 3 is 2.04 bits per heavy atom. The summed E-state index contributed by atoms with van der Waals surface area (Å²) in [7, 11) is -3.72. The third-order valence-electron chi connectivity index (χ3n) is 3.76. The summed E-state index contributed by atoms with van der Waals surface area (Å²) in [6.45, 7) is 7.40. The van der Waals surface area contributed by atoms with E-state index in [1.165, 1.54) is 65.0 Å². The fraction of sp³-hybridized carbons (Fsp3) is 0.105. The Bertz CT molecular complexity index is 973. The number of rotatable bonds is 9. The molecule has 0 saturated heterocycles. The Morgan fingerprint density at radius 2 is 1.57 bits per heavy atom. The summed E-state index contributed by atoms with van der Waals surface area (Å²) in [5.74, 6) is -0.467. The standard InChI is InChI=1S/C19H19N3O5S/c1-3-13-21(14-4-2)28(26,27)18-11-7-16(8-12-18)20-19(23)15-5-9-17(10-6-15)22(24)25/h3-12H,1-2,13-14H2,(H,20,23). The second-order valence-electron chi connectivity index (χ2n) is 5.68. The highest BCUT2D eigenvalue weighted by Crippen LogP contribution is 2.19. The molecule has 0 heterocycles. The molecule has 9 heteroatoms. The Hall–Kier alpha value is -3.30. The van der Waals surface area contributed by atoms with Crippen molar-refractivity contribution < 1.29 is 18.1 Å². The molecule has 28 heavy (non-hydrogen) atoms. The number of anilines is 1. The molecular weight excluding hydrogens is 382 g/mol. The minimum Gasteiger partial charge on any atom is -0.322 e. The maximum absolute atomic E-state index is 12.6. The van der Waals surface area contributed by atoms with Gasteiger partial charge in [0.25, 0.3) is 11.6 Å². The molecule has 0 aromatic heterocycles. The number of sulfonamides is 1. The van der Waals surface area contributed by atoms with Crippen LogP contribution >= 0.6 is 0 Å². The summed E-state index contributed by atoms with van der Waals surface area (Å²) < 4.78 is 26.5. The number of nitrogens with zero attached hydrogens (tertiary/aromatic N) is 2. The summed E-state index contributed by atoms with van der Waals surface area (Å²) in [4.78, 5) is 22.4. The van der Waals surface area contributed by atoms with Crippen LogP contribution in [-0.4, -0.2) is 36.6 Å². The van der Waals surface area contributed by atoms with Gasteiger partial charge in [-0.05, 0) is 36.4 Å². The van der Waals surface area contributed by atoms with Crippen molar-refractivity contribution in [2.75, 3.05) is 18.4 Å². The number of nitro benzene ring substituents is 1. The van der Waals surface area contributed by atoms with Crippen molar-refractivity contribution in [2.45, 2.75) is 4.90 Å². The third kappa shape index (κ3) is 4.90. The second-order valence-corrected chi connectivity index (χ2v) is 7.62. The van der Waals surface area contributed by atoms with Gasteiger partial charge in [0.2, 0.25) is 10.0 Å². The van der Waals surface area contributed by atoms with Gasteiger partial charge in [0, 0.05) is 36.5 Å². The molecule has 0 bridgehead atoms. The van der Waals surface area contributed by atoms with Gasteiger partial charge >= 0.3 is 0 Å². The van der Waals surface area contributed by atoms with Crippen LogP contribution in [0.25, 0.3) is 0 Å². The quantitative estimate of drug-likeness (QED) is 0.394. The van der Waals surface area contributed by atoms with Crippen LogP contribution in [0.4, 0.5) is 11.4 Å². The summed E-state index contributed by atoms with van der Waals surface area (Å²) in [5, 5.41) is 13.3. The average Bonchev–Trinajstić information content (AvgIpc) is 2.68. The lowest BCUT2D eigenvalue weighted by molar-refractivity contribution is -0.384. The highest BCUT2D eigenvalue weighted by Gasteiger charge is 2.22. The monoisotopic (exact) mass is 401 g/mol. The highest BCUT2D eigenvalue weighted by atomic mass is 32.2. The van der Waals surface area contributed by atoms with Crippen LogP contribution in [0, 0.1) is 10.1 Å². The smallest absolute Gasteiger partial charge is 0.269 e. The van der Waals surface area contributed by atoms with Crippen LogP contribution in [-0.2, 0) is 10.0 Å². The number of carbonyl (C=O) groups excluding carboxylic acids is 1. The molecule has 0 radical (unpaired) electrons. The number of hydrogen-bond acceptors (Lipinski definition) is 5. The largest absolute Gasteiger partial charge is 0.322 e. The zero-order valence-corrected chi connectivity index (χ0v) is 15.8. The maximum atomic E-state index is 12.6. The van der Waals surface area contributed by atoms with E-state index in [0.29, 0.717) is 5.69 Å². The molecule has 0 saturated carbocycles. The van der Waals surface area contributed by atoms with E-state index < -0.39 is 20.9 Å². The molecule has 2 aromatic carbocycles. The Labute approximate surface area is 163 Å². The first-order chi connectivity index (χ1) is 13.3. The van der Waals surface area contributed by atoms with Crippen molar-refractivity contribution in [1.29, 1.82) is 0 Å². The van der Waals surface area contributed by atoms with Gasteiger partial charge in [-0.1, -0.05) is 12.2 Å². The van der Waals surface area contributed by atoms with Crippen molar-refractivity contribution in [1.82, 2.24) is 4.31 Å². The molecule has 0 spiro atoms. The lowest BCUT2D eigenvalue weighted by atomic mass is 10.2. The van der Waals surface area contributed by atoms with Gasteiger partial charge in [-0.2, -0.15) is 4.31 Å². The molecule has 2 rings (SSSR count). The van der Waals surface area contributed by atoms with Crippen molar-refractivity contribution in [2.24, 2.45) is 0 Å². The molecule has 0 aliphatic carbocycles. The number of non-ortho nitro benzene ring substituents is 1. The van der Waals surface area contributed by atoms with E-state index in [9.17, 15) is 23.3 Å². The Kier molecular flexibility index (Phi) is 6.80. The average molecular weight is 401 g/mol. The highest BCUT2D eigenvalue weighted by molar-refractivity contribution is 7.89. The van der Waals surface area contributed by atoms with Crippen LogP contribution < -0.4 is 5.32 Å². The first-order valence-corrected chi connectivity index (χ1v) is 9.61. The first kappa shape index (κ1) is 21.0. The van der Waals surface area contributed by atoms with Crippen LogP contribution in [0.15, 0.2) is 78.7 Å². The fourth-order valence-corrected chi connectivity index (χ4v) is 3.74. The van der Waals surface area contributed by atoms with Crippen molar-refractivity contribution in [3.63, 3.8) is 0 Å². The number of nitrogens with one attached hydrogen (secondary N) is 1. The van der Waals surface area contributed by atoms with E-state index in [1.54, 1.807) is 0 Å². The lowest BCUT2D eigenvalue weighted by Crippen LogP contribution is -2.31. The normalized spacial score (nSPS) is 11.0. The molecule has 8 nitrogen and oxygen atoms in total. The van der Waals surface area contributed by atoms with E-state index >= 15 is 0 Å². The topological polar surface area (TPSA) is 110 Å². The summed E-state index contributed by atoms with van der Waals surface area (Å²) >= 11 is 0. The Balaban J connectivity index is 2.15. The van der Waals surface area contributed by atoms with Gasteiger partial charge in [0.15, 0.2) is 0 Å². The van der Waals surface area contributed by atoms with E-state index in [-0.39, 0.29) is 29.2 Å². The van der Waals surface area contributed by atoms with Crippen molar-refractivity contribution in [3.05, 3.63) is 89.5 Å². The van der Waals surface area contributed by atoms with Gasteiger partial charge in [0.1, 0.15) is 0 Å². The van der Waals surface area contributed by atoms with Crippen LogP contribution in [0.1, 0.15) is 10.4 Å². The molecule has 1 N–H and O–H groups in total. The molecule has 146 valence electrons. The minimum absolute atomic E-state index is 0.0736. The van der Waals surface area contributed by atoms with Crippen molar-refractivity contribution >= 4 is 27.3 Å². The summed E-state index contributed by atoms with van der Waals surface area (Å²) in [6.07, 6.45) is 2.97. The summed E-state index contributed by atoms with van der Waals surface area (Å²) in [5.41, 5.74) is 0.515. The predicted octanol–water partition coefficient (Wildman–Crippen LogP) is 3.21. The number of carbonyl (C=O) groups is 1. The maximum Gasteiger partial charge on any atom is 0.269 e. The van der Waals surface area contributed by atoms with Gasteiger partial charge in [-0.15, -0.1) is 13.2 Å². The van der Waals surface area contributed by atoms with Gasteiger partial charge in [0.05, 0.1) is 9.82 Å². The zero-order chi connectivity index (χ0) is 20.7. The van der Waals surface area contributed by atoms with Gasteiger partial charge in [-0.3, -0.25) is 14.9 Å². The number of nitro groups is 1. The number of amides is 1. The molecule has 0 aliphatic heterocycles. The second kappa shape index (κ2) is 9.07. The van der Waals surface area contributed by atoms with E-state index in [4.69, 9.17) is 0 Å². The lowest BCUT2D eigenvalue weighted by Gasteiger charge is -2.19. The minimum atomic E-state index is -3.72. The predicted molar refractivity (Wildman–Crippen MR) is 107 cm³/mol. The van der Waals surface area contributed by atoms with Crippen LogP contribution in [0.3, 0.4) is 0 Å². The molecule has 1 amide bonds. The molecule has 0 fully saturated rings. The Morgan fingerprint density at radius 1 is 1.04 bits per heavy atom. The first-order valence-electron chi connectivity index (χ1n) is 8.17. The van der Waals surface area contributed by atoms with Crippen molar-refractivity contribution in [3.8, 4) is 0 Å². The van der Waals surface area contributed by atoms with Crippen LogP contribution in [0.2, 0.25) is 0 Å². The van der Waals surface area contributed by atoms with E-state index in [1.807, 2.05) is 0 Å². The van der Waals surface area contributed by atoms with E-state index in [0.717, 1.165) is 0 Å². The third-order valence-corrected chi connectivity index (χ3v) is 5.60. The molecule has 2 aromatic rings. The molecular formula is C19H19N3O5S. The fourth-order valence-electron chi connectivity index (χ4n) is 2.36. The molecule has 0 unspecified atom stereocenters. The number of hydrogen-bond donors (Lipinski definition) is 1. The summed E-state index contributed by atoms with van der Waals surface area (Å²) in [6, 6.07) is 10.9. The van der Waals surface area contributed by atoms with Gasteiger partial charge < -0.3 is 5.32 Å². The molecule has 0 aliphatic rings. The van der Waals surface area contributed by atoms with E-state index in [2.05, 4.69) is 18.5 Å². The van der Waals surface area contributed by atoms with Gasteiger partial charge in [-0.25, -0.2) is 8.42 Å². The zero-order valence-electron chi connectivity index (χ0n) is 14.9. The number of benzene rings is 2.